The molecule has 1 aliphatic rings. The maximum absolute atomic E-state index is 12.5. The summed E-state index contributed by atoms with van der Waals surface area (Å²) < 4.78 is 21.5. The highest BCUT2D eigenvalue weighted by Gasteiger charge is 2.17. The van der Waals surface area contributed by atoms with Crippen LogP contribution < -0.4 is 18.9 Å². The quantitative estimate of drug-likeness (QED) is 0.588. The summed E-state index contributed by atoms with van der Waals surface area (Å²) in [6.45, 7) is 1.52. The number of rotatable bonds is 9. The van der Waals surface area contributed by atoms with E-state index < -0.39 is 0 Å². The molecule has 0 saturated heterocycles. The molecule has 30 heavy (non-hydrogen) atoms. The standard InChI is InChI=1S/C23H27NO6/c1-24(11-10-16-4-7-19(27-2)21(14-16)28-3)23(26)9-6-18(25)17-5-8-20-22(15-17)30-13-12-29-20/h4-5,7-8,14-15H,6,9-13H2,1-3H3. The Balaban J connectivity index is 1.49. The smallest absolute Gasteiger partial charge is 0.222 e. The molecule has 0 spiro atoms. The monoisotopic (exact) mass is 413 g/mol. The van der Waals surface area contributed by atoms with E-state index in [0.717, 1.165) is 5.56 Å². The Morgan fingerprint density at radius 3 is 2.40 bits per heavy atom. The van der Waals surface area contributed by atoms with E-state index in [-0.39, 0.29) is 24.5 Å². The van der Waals surface area contributed by atoms with Crippen LogP contribution in [0.25, 0.3) is 0 Å². The molecule has 0 atom stereocenters. The van der Waals surface area contributed by atoms with E-state index in [4.69, 9.17) is 18.9 Å². The molecule has 3 rings (SSSR count). The minimum absolute atomic E-state index is 0.0682. The van der Waals surface area contributed by atoms with Gasteiger partial charge in [0.1, 0.15) is 13.2 Å². The third-order valence-electron chi connectivity index (χ3n) is 5.04. The van der Waals surface area contributed by atoms with Crippen LogP contribution in [0.2, 0.25) is 0 Å². The summed E-state index contributed by atoms with van der Waals surface area (Å²) in [6.07, 6.45) is 0.994. The molecule has 0 bridgehead atoms. The minimum Gasteiger partial charge on any atom is -0.493 e. The predicted molar refractivity (Wildman–Crippen MR) is 112 cm³/mol. The second-order valence-corrected chi connectivity index (χ2v) is 7.04. The molecule has 7 nitrogen and oxygen atoms in total. The molecule has 0 aromatic heterocycles. The largest absolute Gasteiger partial charge is 0.493 e. The van der Waals surface area contributed by atoms with Crippen molar-refractivity contribution in [1.82, 2.24) is 4.90 Å². The second kappa shape index (κ2) is 10.0. The van der Waals surface area contributed by atoms with Gasteiger partial charge in [0.05, 0.1) is 14.2 Å². The molecule has 1 aliphatic heterocycles. The molecular formula is C23H27NO6. The topological polar surface area (TPSA) is 74.3 Å². The van der Waals surface area contributed by atoms with Gasteiger partial charge in [-0.25, -0.2) is 0 Å². The van der Waals surface area contributed by atoms with Crippen molar-refractivity contribution < 1.29 is 28.5 Å². The van der Waals surface area contributed by atoms with Gasteiger partial charge in [-0.15, -0.1) is 0 Å². The number of Topliss-reactive ketones (excluding diaryl/α,β-unsaturated/α-hetero) is 1. The van der Waals surface area contributed by atoms with Crippen molar-refractivity contribution in [3.63, 3.8) is 0 Å². The van der Waals surface area contributed by atoms with Gasteiger partial charge >= 0.3 is 0 Å². The number of ether oxygens (including phenoxy) is 4. The number of carbonyl (C=O) groups excluding carboxylic acids is 2. The highest BCUT2D eigenvalue weighted by Crippen LogP contribution is 2.31. The van der Waals surface area contributed by atoms with Crippen LogP contribution in [-0.4, -0.2) is 57.6 Å². The number of hydrogen-bond donors (Lipinski definition) is 0. The lowest BCUT2D eigenvalue weighted by Gasteiger charge is -2.19. The maximum atomic E-state index is 12.5. The summed E-state index contributed by atoms with van der Waals surface area (Å²) in [4.78, 5) is 26.6. The van der Waals surface area contributed by atoms with E-state index in [9.17, 15) is 9.59 Å². The Morgan fingerprint density at radius 2 is 1.67 bits per heavy atom. The third-order valence-corrected chi connectivity index (χ3v) is 5.04. The minimum atomic E-state index is -0.0892. The van der Waals surface area contributed by atoms with Gasteiger partial charge < -0.3 is 23.8 Å². The number of fused-ring (bicyclic) bond motifs is 1. The molecule has 160 valence electrons. The lowest BCUT2D eigenvalue weighted by Crippen LogP contribution is -2.29. The molecular weight excluding hydrogens is 386 g/mol. The van der Waals surface area contributed by atoms with Crippen LogP contribution >= 0.6 is 0 Å². The lowest BCUT2D eigenvalue weighted by molar-refractivity contribution is -0.129. The molecule has 1 heterocycles. The lowest BCUT2D eigenvalue weighted by atomic mass is 10.1. The van der Waals surface area contributed by atoms with Gasteiger partial charge in [0, 0.05) is 32.0 Å². The second-order valence-electron chi connectivity index (χ2n) is 7.04. The van der Waals surface area contributed by atoms with Crippen LogP contribution in [0.4, 0.5) is 0 Å². The van der Waals surface area contributed by atoms with E-state index in [0.29, 0.717) is 54.7 Å². The Bertz CT molecular complexity index is 911. The SMILES string of the molecule is COc1ccc(CCN(C)C(=O)CCC(=O)c2ccc3c(c2)OCCO3)cc1OC. The van der Waals surface area contributed by atoms with Crippen molar-refractivity contribution in [2.45, 2.75) is 19.3 Å². The molecule has 2 aromatic carbocycles. The Morgan fingerprint density at radius 1 is 0.933 bits per heavy atom. The molecule has 2 aromatic rings. The van der Waals surface area contributed by atoms with Gasteiger partial charge in [0.25, 0.3) is 0 Å². The summed E-state index contributed by atoms with van der Waals surface area (Å²) in [5, 5.41) is 0. The molecule has 0 radical (unpaired) electrons. The maximum Gasteiger partial charge on any atom is 0.222 e. The van der Waals surface area contributed by atoms with Gasteiger partial charge in [0.2, 0.25) is 5.91 Å². The first kappa shape index (κ1) is 21.5. The van der Waals surface area contributed by atoms with E-state index >= 15 is 0 Å². The number of ketones is 1. The number of nitrogens with zero attached hydrogens (tertiary/aromatic N) is 1. The fraction of sp³-hybridized carbons (Fsp3) is 0.391. The van der Waals surface area contributed by atoms with Crippen molar-refractivity contribution in [2.24, 2.45) is 0 Å². The third kappa shape index (κ3) is 5.23. The Hall–Kier alpha value is -3.22. The summed E-state index contributed by atoms with van der Waals surface area (Å²) in [5.74, 6) is 2.39. The fourth-order valence-corrected chi connectivity index (χ4v) is 3.23. The fourth-order valence-electron chi connectivity index (χ4n) is 3.23. The molecule has 0 unspecified atom stereocenters. The average molecular weight is 413 g/mol. The Kier molecular flexibility index (Phi) is 7.17. The highest BCUT2D eigenvalue weighted by molar-refractivity contribution is 5.98. The van der Waals surface area contributed by atoms with E-state index in [1.165, 1.54) is 0 Å². The molecule has 0 N–H and O–H groups in total. The normalized spacial score (nSPS) is 12.2. The zero-order chi connectivity index (χ0) is 21.5. The predicted octanol–water partition coefficient (Wildman–Crippen LogP) is 3.14. The summed E-state index contributed by atoms with van der Waals surface area (Å²) in [5.41, 5.74) is 1.57. The van der Waals surface area contributed by atoms with Crippen LogP contribution in [0.15, 0.2) is 36.4 Å². The first-order valence-electron chi connectivity index (χ1n) is 9.89. The highest BCUT2D eigenvalue weighted by atomic mass is 16.6. The van der Waals surface area contributed by atoms with Crippen molar-refractivity contribution >= 4 is 11.7 Å². The van der Waals surface area contributed by atoms with Crippen molar-refractivity contribution in [3.8, 4) is 23.0 Å². The number of methoxy groups -OCH3 is 2. The van der Waals surface area contributed by atoms with Gasteiger partial charge in [-0.1, -0.05) is 6.07 Å². The van der Waals surface area contributed by atoms with Crippen LogP contribution in [0, 0.1) is 0 Å². The zero-order valence-electron chi connectivity index (χ0n) is 17.6. The number of hydrogen-bond acceptors (Lipinski definition) is 6. The molecule has 1 amide bonds. The van der Waals surface area contributed by atoms with Crippen LogP contribution in [-0.2, 0) is 11.2 Å². The van der Waals surface area contributed by atoms with Gasteiger partial charge in [-0.3, -0.25) is 9.59 Å². The van der Waals surface area contributed by atoms with E-state index in [1.807, 2.05) is 18.2 Å². The van der Waals surface area contributed by atoms with Gasteiger partial charge in [-0.05, 0) is 42.3 Å². The summed E-state index contributed by atoms with van der Waals surface area (Å²) in [6, 6.07) is 10.8. The summed E-state index contributed by atoms with van der Waals surface area (Å²) in [7, 11) is 4.93. The van der Waals surface area contributed by atoms with Gasteiger partial charge in [0.15, 0.2) is 28.8 Å². The molecule has 0 aliphatic carbocycles. The van der Waals surface area contributed by atoms with Crippen LogP contribution in [0.1, 0.15) is 28.8 Å². The van der Waals surface area contributed by atoms with E-state index in [1.54, 1.807) is 44.4 Å². The number of carbonyl (C=O) groups is 2. The zero-order valence-corrected chi connectivity index (χ0v) is 17.6. The van der Waals surface area contributed by atoms with Crippen LogP contribution in [0.5, 0.6) is 23.0 Å². The van der Waals surface area contributed by atoms with E-state index in [2.05, 4.69) is 0 Å². The first-order chi connectivity index (χ1) is 14.5. The van der Waals surface area contributed by atoms with Crippen molar-refractivity contribution in [2.75, 3.05) is 41.0 Å². The summed E-state index contributed by atoms with van der Waals surface area (Å²) >= 11 is 0. The van der Waals surface area contributed by atoms with Crippen LogP contribution in [0.3, 0.4) is 0 Å². The average Bonchev–Trinajstić information content (AvgIpc) is 2.79. The van der Waals surface area contributed by atoms with Crippen molar-refractivity contribution in [3.05, 3.63) is 47.5 Å². The van der Waals surface area contributed by atoms with Gasteiger partial charge in [-0.2, -0.15) is 0 Å². The first-order valence-corrected chi connectivity index (χ1v) is 9.89. The molecule has 0 fully saturated rings. The number of likely N-dealkylation sites (N-methyl/N-ethyl adjacent to an activating group) is 1. The molecule has 0 saturated carbocycles. The Labute approximate surface area is 176 Å². The van der Waals surface area contributed by atoms with Crippen molar-refractivity contribution in [1.29, 1.82) is 0 Å². The molecule has 7 heteroatoms. The number of amides is 1. The number of benzene rings is 2.